The van der Waals surface area contributed by atoms with Crippen LogP contribution in [0.4, 0.5) is 0 Å². The number of hydrogen-bond acceptors (Lipinski definition) is 2. The van der Waals surface area contributed by atoms with Gasteiger partial charge >= 0.3 is 0 Å². The Morgan fingerprint density at radius 3 is 2.79 bits per heavy atom. The first-order valence-electron chi connectivity index (χ1n) is 5.21. The van der Waals surface area contributed by atoms with Crippen molar-refractivity contribution in [2.45, 2.75) is 19.1 Å². The topological polar surface area (TPSA) is 21.3 Å². The lowest BCUT2D eigenvalue weighted by atomic mass is 9.98. The molecule has 0 radical (unpaired) electrons. The largest absolute Gasteiger partial charge is 0.363 e. The maximum Gasteiger partial charge on any atom is 0.108 e. The van der Waals surface area contributed by atoms with Crippen LogP contribution in [0.25, 0.3) is 0 Å². The normalized spacial score (nSPS) is 26.6. The van der Waals surface area contributed by atoms with E-state index in [9.17, 15) is 0 Å². The first kappa shape index (κ1) is 9.69. The second kappa shape index (κ2) is 4.58. The molecule has 0 spiro atoms. The Labute approximate surface area is 85.3 Å². The maximum atomic E-state index is 5.58. The summed E-state index contributed by atoms with van der Waals surface area (Å²) in [7, 11) is 1.95. The quantitative estimate of drug-likeness (QED) is 0.786. The van der Waals surface area contributed by atoms with Gasteiger partial charge in [-0.15, -0.1) is 0 Å². The van der Waals surface area contributed by atoms with Gasteiger partial charge in [0.15, 0.2) is 0 Å². The smallest absolute Gasteiger partial charge is 0.108 e. The van der Waals surface area contributed by atoms with Crippen LogP contribution in [0.1, 0.15) is 12.0 Å². The highest BCUT2D eigenvalue weighted by Crippen LogP contribution is 2.21. The van der Waals surface area contributed by atoms with Gasteiger partial charge in [-0.2, -0.15) is 0 Å². The molecule has 2 rings (SSSR count). The van der Waals surface area contributed by atoms with Crippen molar-refractivity contribution in [3.8, 4) is 0 Å². The lowest BCUT2D eigenvalue weighted by molar-refractivity contribution is 0.0874. The third kappa shape index (κ3) is 2.34. The lowest BCUT2D eigenvalue weighted by Gasteiger charge is -2.07. The number of benzene rings is 1. The van der Waals surface area contributed by atoms with Crippen molar-refractivity contribution in [3.05, 3.63) is 35.9 Å². The van der Waals surface area contributed by atoms with Crippen LogP contribution in [0.2, 0.25) is 0 Å². The summed E-state index contributed by atoms with van der Waals surface area (Å²) < 4.78 is 5.58. The van der Waals surface area contributed by atoms with Crippen LogP contribution in [-0.4, -0.2) is 19.9 Å². The molecular weight excluding hydrogens is 174 g/mol. The van der Waals surface area contributed by atoms with Crippen LogP contribution >= 0.6 is 0 Å². The molecule has 1 N–H and O–H groups in total. The van der Waals surface area contributed by atoms with Crippen LogP contribution in [0, 0.1) is 5.92 Å². The van der Waals surface area contributed by atoms with Crippen molar-refractivity contribution in [2.75, 3.05) is 13.7 Å². The maximum absolute atomic E-state index is 5.58. The van der Waals surface area contributed by atoms with E-state index in [1.54, 1.807) is 0 Å². The molecule has 0 saturated carbocycles. The lowest BCUT2D eigenvalue weighted by Crippen LogP contribution is -2.23. The molecule has 1 saturated heterocycles. The molecule has 1 aliphatic rings. The summed E-state index contributed by atoms with van der Waals surface area (Å²) in [5.41, 5.74) is 1.41. The Kier molecular flexibility index (Phi) is 3.17. The van der Waals surface area contributed by atoms with Gasteiger partial charge in [0, 0.05) is 0 Å². The summed E-state index contributed by atoms with van der Waals surface area (Å²) >= 11 is 0. The van der Waals surface area contributed by atoms with Gasteiger partial charge in [0.2, 0.25) is 0 Å². The minimum atomic E-state index is 0.267. The van der Waals surface area contributed by atoms with E-state index in [2.05, 4.69) is 35.6 Å². The predicted octanol–water partition coefficient (Wildman–Crippen LogP) is 1.81. The van der Waals surface area contributed by atoms with E-state index >= 15 is 0 Å². The zero-order valence-corrected chi connectivity index (χ0v) is 8.57. The average Bonchev–Trinajstić information content (AvgIpc) is 2.67. The average molecular weight is 191 g/mol. The van der Waals surface area contributed by atoms with Gasteiger partial charge in [0.1, 0.15) is 6.23 Å². The first-order chi connectivity index (χ1) is 6.88. The molecule has 0 aliphatic carbocycles. The zero-order chi connectivity index (χ0) is 9.80. The summed E-state index contributed by atoms with van der Waals surface area (Å²) in [5, 5.41) is 3.16. The molecule has 1 aliphatic heterocycles. The molecule has 2 atom stereocenters. The standard InChI is InChI=1S/C12H17NO/c1-13-12-8-11(9-14-12)7-10-5-3-2-4-6-10/h2-6,11-13H,7-9H2,1H3/t11-,12+/m1/s1. The number of nitrogens with one attached hydrogen (secondary N) is 1. The van der Waals surface area contributed by atoms with Gasteiger partial charge in [-0.1, -0.05) is 30.3 Å². The van der Waals surface area contributed by atoms with Gasteiger partial charge in [-0.3, -0.25) is 5.32 Å². The van der Waals surface area contributed by atoms with Gasteiger partial charge in [0.25, 0.3) is 0 Å². The Hall–Kier alpha value is -0.860. The summed E-state index contributed by atoms with van der Waals surface area (Å²) in [6.45, 7) is 0.889. The Morgan fingerprint density at radius 2 is 2.14 bits per heavy atom. The number of ether oxygens (including phenoxy) is 1. The molecule has 2 heteroatoms. The molecule has 1 fully saturated rings. The predicted molar refractivity (Wildman–Crippen MR) is 57.1 cm³/mol. The van der Waals surface area contributed by atoms with Crippen molar-refractivity contribution in [3.63, 3.8) is 0 Å². The summed E-state index contributed by atoms with van der Waals surface area (Å²) in [6, 6.07) is 10.6. The molecule has 0 amide bonds. The molecular formula is C12H17NO. The molecule has 1 aromatic carbocycles. The van der Waals surface area contributed by atoms with Crippen molar-refractivity contribution in [2.24, 2.45) is 5.92 Å². The summed E-state index contributed by atoms with van der Waals surface area (Å²) in [5.74, 6) is 0.676. The molecule has 76 valence electrons. The third-order valence-corrected chi connectivity index (χ3v) is 2.77. The Morgan fingerprint density at radius 1 is 1.36 bits per heavy atom. The fraction of sp³-hybridized carbons (Fsp3) is 0.500. The van der Waals surface area contributed by atoms with Crippen LogP contribution in [0.5, 0.6) is 0 Å². The monoisotopic (exact) mass is 191 g/mol. The highest BCUT2D eigenvalue weighted by atomic mass is 16.5. The SMILES string of the molecule is CN[C@@H]1C[C@@H](Cc2ccccc2)CO1. The highest BCUT2D eigenvalue weighted by Gasteiger charge is 2.23. The molecule has 1 heterocycles. The first-order valence-corrected chi connectivity index (χ1v) is 5.21. The van der Waals surface area contributed by atoms with E-state index in [1.165, 1.54) is 5.56 Å². The highest BCUT2D eigenvalue weighted by molar-refractivity contribution is 5.15. The van der Waals surface area contributed by atoms with E-state index in [0.29, 0.717) is 5.92 Å². The Balaban J connectivity index is 1.88. The van der Waals surface area contributed by atoms with Gasteiger partial charge in [-0.05, 0) is 31.4 Å². The summed E-state index contributed by atoms with van der Waals surface area (Å²) in [6.07, 6.45) is 2.54. The van der Waals surface area contributed by atoms with Crippen molar-refractivity contribution in [1.29, 1.82) is 0 Å². The van der Waals surface area contributed by atoms with Crippen molar-refractivity contribution >= 4 is 0 Å². The molecule has 2 nitrogen and oxygen atoms in total. The molecule has 0 bridgehead atoms. The van der Waals surface area contributed by atoms with E-state index in [4.69, 9.17) is 4.74 Å². The van der Waals surface area contributed by atoms with Crippen molar-refractivity contribution in [1.82, 2.24) is 5.32 Å². The minimum absolute atomic E-state index is 0.267. The third-order valence-electron chi connectivity index (χ3n) is 2.77. The van der Waals surface area contributed by atoms with Gasteiger partial charge in [-0.25, -0.2) is 0 Å². The number of rotatable bonds is 3. The molecule has 14 heavy (non-hydrogen) atoms. The second-order valence-corrected chi connectivity index (χ2v) is 3.90. The molecule has 0 aromatic heterocycles. The minimum Gasteiger partial charge on any atom is -0.363 e. The van der Waals surface area contributed by atoms with Gasteiger partial charge < -0.3 is 4.74 Å². The number of hydrogen-bond donors (Lipinski definition) is 1. The van der Waals surface area contributed by atoms with Gasteiger partial charge in [0.05, 0.1) is 6.61 Å². The van der Waals surface area contributed by atoms with E-state index in [0.717, 1.165) is 19.4 Å². The van der Waals surface area contributed by atoms with E-state index in [-0.39, 0.29) is 6.23 Å². The fourth-order valence-corrected chi connectivity index (χ4v) is 1.98. The van der Waals surface area contributed by atoms with E-state index in [1.807, 2.05) is 7.05 Å². The van der Waals surface area contributed by atoms with E-state index < -0.39 is 0 Å². The molecule has 0 unspecified atom stereocenters. The van der Waals surface area contributed by atoms with Crippen LogP contribution < -0.4 is 5.32 Å². The van der Waals surface area contributed by atoms with Crippen LogP contribution in [-0.2, 0) is 11.2 Å². The fourth-order valence-electron chi connectivity index (χ4n) is 1.98. The second-order valence-electron chi connectivity index (χ2n) is 3.90. The Bertz CT molecular complexity index is 273. The van der Waals surface area contributed by atoms with Crippen LogP contribution in [0.3, 0.4) is 0 Å². The van der Waals surface area contributed by atoms with Crippen molar-refractivity contribution < 1.29 is 4.74 Å². The van der Waals surface area contributed by atoms with Crippen LogP contribution in [0.15, 0.2) is 30.3 Å². The zero-order valence-electron chi connectivity index (χ0n) is 8.57. The summed E-state index contributed by atoms with van der Waals surface area (Å²) in [4.78, 5) is 0. The molecule has 1 aromatic rings.